The molecule has 0 saturated carbocycles. The van der Waals surface area contributed by atoms with Gasteiger partial charge in [0.1, 0.15) is 3.82 Å². The maximum absolute atomic E-state index is 11.4. The second-order valence-corrected chi connectivity index (χ2v) is 5.90. The Balaban J connectivity index is 2.67. The predicted molar refractivity (Wildman–Crippen MR) is 68.5 cm³/mol. The van der Waals surface area contributed by atoms with E-state index in [1.807, 2.05) is 30.3 Å². The zero-order valence-corrected chi connectivity index (χ0v) is 10.5. The van der Waals surface area contributed by atoms with Crippen LogP contribution >= 0.6 is 32.9 Å². The summed E-state index contributed by atoms with van der Waals surface area (Å²) in [5.41, 5.74) is 1.96. The van der Waals surface area contributed by atoms with Crippen molar-refractivity contribution in [3.8, 4) is 11.1 Å². The van der Waals surface area contributed by atoms with Crippen molar-refractivity contribution in [2.24, 2.45) is 0 Å². The Hall–Kier alpha value is -0.840. The Kier molecular flexibility index (Phi) is 3.09. The Morgan fingerprint density at radius 3 is 2.47 bits per heavy atom. The fourth-order valence-electron chi connectivity index (χ4n) is 1.34. The van der Waals surface area contributed by atoms with Crippen LogP contribution in [0.1, 0.15) is 16.6 Å². The third-order valence-electron chi connectivity index (χ3n) is 2.01. The molecule has 2 aromatic rings. The number of hydrogen-bond acceptors (Lipinski definition) is 4. The molecule has 4 heteroatoms. The minimum absolute atomic E-state index is 0.0891. The summed E-state index contributed by atoms with van der Waals surface area (Å²) in [5, 5.41) is 0. The van der Waals surface area contributed by atoms with E-state index in [2.05, 4.69) is 0 Å². The first-order valence-corrected chi connectivity index (χ1v) is 6.95. The van der Waals surface area contributed by atoms with Crippen molar-refractivity contribution in [2.75, 3.05) is 0 Å². The smallest absolute Gasteiger partial charge is 0.171 e. The van der Waals surface area contributed by atoms with Gasteiger partial charge in [0.05, 0.1) is 4.88 Å². The molecule has 0 aliphatic heterocycles. The van der Waals surface area contributed by atoms with Crippen LogP contribution in [0.4, 0.5) is 0 Å². The first-order chi connectivity index (χ1) is 7.20. The molecule has 0 radical (unpaired) electrons. The third kappa shape index (κ3) is 2.07. The normalized spacial score (nSPS) is 10.2. The minimum Gasteiger partial charge on any atom is -0.294 e. The highest BCUT2D eigenvalue weighted by atomic mass is 32.9. The first kappa shape index (κ1) is 10.7. The van der Waals surface area contributed by atoms with E-state index in [1.165, 1.54) is 20.7 Å². The van der Waals surface area contributed by atoms with Gasteiger partial charge in [-0.3, -0.25) is 4.79 Å². The molecule has 0 amide bonds. The molecule has 0 aliphatic carbocycles. The molecule has 2 rings (SSSR count). The van der Waals surface area contributed by atoms with Gasteiger partial charge in [0.25, 0.3) is 0 Å². The third-order valence-corrected chi connectivity index (χ3v) is 5.13. The Morgan fingerprint density at radius 1 is 1.20 bits per heavy atom. The molecule has 76 valence electrons. The number of hydrogen-bond donors (Lipinski definition) is 0. The summed E-state index contributed by atoms with van der Waals surface area (Å²) in [5.74, 6) is 0.0891. The summed E-state index contributed by atoms with van der Waals surface area (Å²) in [6.45, 7) is 1.58. The Morgan fingerprint density at radius 2 is 1.87 bits per heavy atom. The number of ketones is 1. The summed E-state index contributed by atoms with van der Waals surface area (Å²) in [4.78, 5) is 12.2. The van der Waals surface area contributed by atoms with Crippen LogP contribution in [0.25, 0.3) is 11.1 Å². The molecule has 0 unspecified atom stereocenters. The van der Waals surface area contributed by atoms with Gasteiger partial charge >= 0.3 is 0 Å². The van der Waals surface area contributed by atoms with Crippen LogP contribution in [0.3, 0.4) is 0 Å². The molecule has 1 aromatic heterocycles. The molecule has 1 aromatic carbocycles. The van der Waals surface area contributed by atoms with Crippen molar-refractivity contribution in [1.29, 1.82) is 0 Å². The SMILES string of the molecule is CC(=O)c1ssc(=S)c1-c1ccccc1. The second-order valence-electron chi connectivity index (χ2n) is 3.08. The van der Waals surface area contributed by atoms with Gasteiger partial charge in [0.2, 0.25) is 0 Å². The van der Waals surface area contributed by atoms with E-state index in [1.54, 1.807) is 6.92 Å². The number of carbonyl (C=O) groups excluding carboxylic acids is 1. The van der Waals surface area contributed by atoms with Crippen molar-refractivity contribution >= 4 is 38.7 Å². The lowest BCUT2D eigenvalue weighted by atomic mass is 10.1. The summed E-state index contributed by atoms with van der Waals surface area (Å²) in [6, 6.07) is 9.83. The minimum atomic E-state index is 0.0891. The van der Waals surface area contributed by atoms with Crippen molar-refractivity contribution in [3.05, 3.63) is 39.0 Å². The van der Waals surface area contributed by atoms with Crippen LogP contribution in [0, 0.1) is 3.82 Å². The van der Waals surface area contributed by atoms with Crippen molar-refractivity contribution < 1.29 is 4.79 Å². The largest absolute Gasteiger partial charge is 0.294 e. The van der Waals surface area contributed by atoms with Gasteiger partial charge in [-0.1, -0.05) is 63.2 Å². The number of rotatable bonds is 2. The summed E-state index contributed by atoms with van der Waals surface area (Å²) < 4.78 is 0.802. The summed E-state index contributed by atoms with van der Waals surface area (Å²) >= 11 is 5.25. The maximum atomic E-state index is 11.4. The van der Waals surface area contributed by atoms with Crippen LogP contribution in [-0.4, -0.2) is 5.78 Å². The quantitative estimate of drug-likeness (QED) is 0.447. The van der Waals surface area contributed by atoms with Gasteiger partial charge in [-0.2, -0.15) is 0 Å². The zero-order chi connectivity index (χ0) is 10.8. The van der Waals surface area contributed by atoms with E-state index in [9.17, 15) is 4.79 Å². The second kappa shape index (κ2) is 4.35. The van der Waals surface area contributed by atoms with Gasteiger partial charge in [0, 0.05) is 12.5 Å². The molecule has 0 aliphatic rings. The molecule has 0 spiro atoms. The maximum Gasteiger partial charge on any atom is 0.171 e. The molecule has 15 heavy (non-hydrogen) atoms. The highest BCUT2D eigenvalue weighted by Gasteiger charge is 2.13. The average molecular weight is 252 g/mol. The molecule has 0 bridgehead atoms. The zero-order valence-electron chi connectivity index (χ0n) is 8.02. The fourth-order valence-corrected chi connectivity index (χ4v) is 4.21. The van der Waals surface area contributed by atoms with Gasteiger partial charge in [-0.05, 0) is 5.56 Å². The molecule has 1 nitrogen and oxygen atoms in total. The van der Waals surface area contributed by atoms with Crippen LogP contribution in [-0.2, 0) is 0 Å². The van der Waals surface area contributed by atoms with Crippen LogP contribution in [0.15, 0.2) is 30.3 Å². The summed E-state index contributed by atoms with van der Waals surface area (Å²) in [6.07, 6.45) is 0. The average Bonchev–Trinajstić information content (AvgIpc) is 2.61. The molecule has 0 atom stereocenters. The Bertz CT molecular complexity index is 536. The van der Waals surface area contributed by atoms with Crippen LogP contribution in [0.2, 0.25) is 0 Å². The van der Waals surface area contributed by atoms with Crippen LogP contribution in [0.5, 0.6) is 0 Å². The van der Waals surface area contributed by atoms with E-state index in [4.69, 9.17) is 12.2 Å². The number of carbonyl (C=O) groups is 1. The molecule has 0 N–H and O–H groups in total. The molecular weight excluding hydrogens is 244 g/mol. The fraction of sp³-hybridized carbons (Fsp3) is 0.0909. The standard InChI is InChI=1S/C11H8OS3/c1-7(12)10-9(11(13)15-14-10)8-5-3-2-4-6-8/h2-6H,1H3. The van der Waals surface area contributed by atoms with E-state index >= 15 is 0 Å². The highest BCUT2D eigenvalue weighted by molar-refractivity contribution is 7.80. The van der Waals surface area contributed by atoms with Crippen molar-refractivity contribution in [3.63, 3.8) is 0 Å². The van der Waals surface area contributed by atoms with E-state index in [0.717, 1.165) is 19.8 Å². The van der Waals surface area contributed by atoms with Gasteiger partial charge in [0.15, 0.2) is 5.78 Å². The number of Topliss-reactive ketones (excluding diaryl/α,β-unsaturated/α-hetero) is 1. The molecular formula is C11H8OS3. The van der Waals surface area contributed by atoms with E-state index in [-0.39, 0.29) is 5.78 Å². The predicted octanol–water partition coefficient (Wildman–Crippen LogP) is 4.41. The first-order valence-electron chi connectivity index (χ1n) is 4.39. The van der Waals surface area contributed by atoms with Crippen molar-refractivity contribution in [2.45, 2.75) is 6.92 Å². The molecule has 1 heterocycles. The lowest BCUT2D eigenvalue weighted by molar-refractivity contribution is 0.102. The lowest BCUT2D eigenvalue weighted by Crippen LogP contribution is -1.90. The topological polar surface area (TPSA) is 17.1 Å². The molecule has 0 saturated heterocycles. The van der Waals surface area contributed by atoms with Gasteiger partial charge < -0.3 is 0 Å². The monoisotopic (exact) mass is 252 g/mol. The lowest BCUT2D eigenvalue weighted by Gasteiger charge is -1.99. The highest BCUT2D eigenvalue weighted by Crippen LogP contribution is 2.33. The van der Waals surface area contributed by atoms with Crippen molar-refractivity contribution in [1.82, 2.24) is 0 Å². The van der Waals surface area contributed by atoms with E-state index < -0.39 is 0 Å². The van der Waals surface area contributed by atoms with Crippen LogP contribution < -0.4 is 0 Å². The Labute approximate surface area is 100 Å². The van der Waals surface area contributed by atoms with Gasteiger partial charge in [-0.15, -0.1) is 0 Å². The molecule has 0 fully saturated rings. The number of benzene rings is 1. The van der Waals surface area contributed by atoms with Gasteiger partial charge in [-0.25, -0.2) is 0 Å². The van der Waals surface area contributed by atoms with E-state index in [0.29, 0.717) is 0 Å². The summed E-state index contributed by atoms with van der Waals surface area (Å²) in [7, 11) is 2.96.